The Hall–Kier alpha value is -2.78. The highest BCUT2D eigenvalue weighted by molar-refractivity contribution is 5.96. The Labute approximate surface area is 160 Å². The first-order valence-corrected chi connectivity index (χ1v) is 8.97. The number of carbonyl (C=O) groups is 1. The summed E-state index contributed by atoms with van der Waals surface area (Å²) in [6.45, 7) is 4.12. The maximum Gasteiger partial charge on any atom is 0.354 e. The normalized spacial score (nSPS) is 20.3. The Morgan fingerprint density at radius 3 is 2.57 bits per heavy atom. The molecule has 28 heavy (non-hydrogen) atoms. The molecule has 0 aliphatic carbocycles. The summed E-state index contributed by atoms with van der Waals surface area (Å²) in [4.78, 5) is 19.2. The fourth-order valence-electron chi connectivity index (χ4n) is 3.91. The second-order valence-electron chi connectivity index (χ2n) is 7.22. The number of piperazine rings is 1. The minimum absolute atomic E-state index is 0.00139. The predicted molar refractivity (Wildman–Crippen MR) is 99.8 cm³/mol. The van der Waals surface area contributed by atoms with Crippen molar-refractivity contribution in [2.45, 2.75) is 12.8 Å². The smallest absolute Gasteiger partial charge is 0.354 e. The molecule has 9 heteroatoms. The van der Waals surface area contributed by atoms with Crippen molar-refractivity contribution < 1.29 is 23.9 Å². The van der Waals surface area contributed by atoms with Gasteiger partial charge in [0.15, 0.2) is 11.5 Å². The molecule has 0 bridgehead atoms. The van der Waals surface area contributed by atoms with E-state index >= 15 is 4.39 Å². The van der Waals surface area contributed by atoms with Gasteiger partial charge in [-0.1, -0.05) is 6.92 Å². The van der Waals surface area contributed by atoms with E-state index in [9.17, 15) is 19.5 Å². The van der Waals surface area contributed by atoms with Gasteiger partial charge in [-0.25, -0.2) is 18.6 Å². The summed E-state index contributed by atoms with van der Waals surface area (Å²) in [6, 6.07) is 1.22. The van der Waals surface area contributed by atoms with Gasteiger partial charge in [-0.2, -0.15) is 0 Å². The summed E-state index contributed by atoms with van der Waals surface area (Å²) in [6.07, 6.45) is 2.56. The molecular formula is C19H20F2N4O3. The number of pyridine rings is 1. The number of nitrogens with zero attached hydrogens (tertiary/aromatic N) is 4. The van der Waals surface area contributed by atoms with Crippen molar-refractivity contribution in [1.29, 1.82) is 0 Å². The van der Waals surface area contributed by atoms with Crippen LogP contribution >= 0.6 is 0 Å². The van der Waals surface area contributed by atoms with E-state index in [1.165, 1.54) is 18.3 Å². The van der Waals surface area contributed by atoms with Crippen LogP contribution in [0.4, 0.5) is 20.2 Å². The van der Waals surface area contributed by atoms with Gasteiger partial charge in [0.1, 0.15) is 17.0 Å². The molecule has 1 aromatic carbocycles. The molecule has 1 fully saturated rings. The molecule has 1 atom stereocenters. The second-order valence-corrected chi connectivity index (χ2v) is 7.22. The van der Waals surface area contributed by atoms with Gasteiger partial charge in [0.25, 0.3) is 0 Å². The molecule has 0 saturated carbocycles. The number of carboxylic acids is 1. The van der Waals surface area contributed by atoms with Crippen LogP contribution in [0, 0.1) is 11.6 Å². The van der Waals surface area contributed by atoms with E-state index in [-0.39, 0.29) is 28.0 Å². The molecule has 1 saturated heterocycles. The lowest BCUT2D eigenvalue weighted by Crippen LogP contribution is -2.45. The number of aromatic nitrogens is 1. The van der Waals surface area contributed by atoms with Crippen LogP contribution in [0.1, 0.15) is 18.4 Å². The molecule has 1 unspecified atom stereocenters. The number of hydrogen-bond acceptors (Lipinski definition) is 6. The zero-order chi connectivity index (χ0) is 20.2. The lowest BCUT2D eigenvalue weighted by Gasteiger charge is -2.34. The topological polar surface area (TPSA) is 80.1 Å². The minimum Gasteiger partial charge on any atom is -0.477 e. The average molecular weight is 390 g/mol. The molecule has 2 N–H and O–H groups in total. The van der Waals surface area contributed by atoms with Gasteiger partial charge in [-0.3, -0.25) is 10.2 Å². The van der Waals surface area contributed by atoms with E-state index < -0.39 is 23.5 Å². The fourth-order valence-corrected chi connectivity index (χ4v) is 3.91. The maximum absolute atomic E-state index is 15.3. The van der Waals surface area contributed by atoms with Crippen molar-refractivity contribution in [3.05, 3.63) is 41.2 Å². The maximum atomic E-state index is 15.3. The number of hydrogen-bond donors (Lipinski definition) is 2. The quantitative estimate of drug-likeness (QED) is 0.816. The van der Waals surface area contributed by atoms with E-state index in [0.29, 0.717) is 36.8 Å². The Balaban J connectivity index is 1.87. The zero-order valence-electron chi connectivity index (χ0n) is 15.5. The van der Waals surface area contributed by atoms with E-state index in [1.54, 1.807) is 11.8 Å². The molecular weight excluding hydrogens is 370 g/mol. The number of anilines is 2. The fraction of sp³-hybridized carbons (Fsp3) is 0.368. The summed E-state index contributed by atoms with van der Waals surface area (Å²) < 4.78 is 30.2. The van der Waals surface area contributed by atoms with Crippen LogP contribution < -0.4 is 9.96 Å². The van der Waals surface area contributed by atoms with Gasteiger partial charge in [0.2, 0.25) is 0 Å². The first kappa shape index (κ1) is 18.6. The third-order valence-electron chi connectivity index (χ3n) is 5.41. The van der Waals surface area contributed by atoms with Crippen LogP contribution in [-0.4, -0.2) is 59.4 Å². The summed E-state index contributed by atoms with van der Waals surface area (Å²) in [5.74, 6) is -3.22. The number of allylic oxidation sites excluding steroid dienone is 1. The predicted octanol–water partition coefficient (Wildman–Crippen LogP) is 2.55. The molecule has 2 aliphatic rings. The van der Waals surface area contributed by atoms with Crippen LogP contribution in [-0.2, 0) is 4.79 Å². The van der Waals surface area contributed by atoms with Crippen molar-refractivity contribution in [2.24, 2.45) is 0 Å². The van der Waals surface area contributed by atoms with Gasteiger partial charge < -0.3 is 14.9 Å². The molecule has 0 amide bonds. The van der Waals surface area contributed by atoms with E-state index in [4.69, 9.17) is 0 Å². The molecule has 1 aromatic heterocycles. The van der Waals surface area contributed by atoms with Gasteiger partial charge in [0.05, 0.1) is 11.9 Å². The van der Waals surface area contributed by atoms with Gasteiger partial charge in [-0.05, 0) is 24.8 Å². The average Bonchev–Trinajstić information content (AvgIpc) is 2.65. The number of hydroxylamine groups is 1. The van der Waals surface area contributed by atoms with Crippen LogP contribution in [0.25, 0.3) is 10.9 Å². The van der Waals surface area contributed by atoms with Crippen LogP contribution in [0.3, 0.4) is 0 Å². The second kappa shape index (κ2) is 6.68. The Kier molecular flexibility index (Phi) is 4.43. The largest absolute Gasteiger partial charge is 0.477 e. The number of halogens is 2. The van der Waals surface area contributed by atoms with Crippen LogP contribution in [0.15, 0.2) is 24.0 Å². The van der Waals surface area contributed by atoms with E-state index in [1.807, 2.05) is 7.05 Å². The van der Waals surface area contributed by atoms with E-state index in [2.05, 4.69) is 9.88 Å². The number of rotatable bonds is 2. The first-order valence-electron chi connectivity index (χ1n) is 8.97. The molecule has 7 nitrogen and oxygen atoms in total. The van der Waals surface area contributed by atoms with Gasteiger partial charge in [-0.15, -0.1) is 0 Å². The van der Waals surface area contributed by atoms with Crippen molar-refractivity contribution in [3.8, 4) is 0 Å². The van der Waals surface area contributed by atoms with Gasteiger partial charge in [0, 0.05) is 37.5 Å². The lowest BCUT2D eigenvalue weighted by atomic mass is 9.91. The number of likely N-dealkylation sites (N-methyl/N-ethyl adjacent to an activating group) is 1. The zero-order valence-corrected chi connectivity index (χ0v) is 15.5. The Morgan fingerprint density at radius 1 is 1.25 bits per heavy atom. The lowest BCUT2D eigenvalue weighted by molar-refractivity contribution is -0.133. The van der Waals surface area contributed by atoms with Gasteiger partial charge >= 0.3 is 5.97 Å². The Bertz CT molecular complexity index is 1000. The number of fused-ring (bicyclic) bond motifs is 3. The molecule has 4 rings (SSSR count). The SMILES string of the molecule is CC1C=C(C(=O)O)N(O)c2cnc3c(F)c(N4CCN(C)CC4)c(F)cc3c21. The summed E-state index contributed by atoms with van der Waals surface area (Å²) in [7, 11) is 1.96. The van der Waals surface area contributed by atoms with Crippen LogP contribution in [0.5, 0.6) is 0 Å². The highest BCUT2D eigenvalue weighted by Gasteiger charge is 2.31. The monoisotopic (exact) mass is 390 g/mol. The standard InChI is InChI=1S/C19H20F2N4O3/c1-10-7-13(19(26)27)25(28)14-9-22-17-11(15(10)14)8-12(20)18(16(17)21)24-5-3-23(2)4-6-24/h7-10,28H,3-6H2,1-2H3,(H,26,27). The highest BCUT2D eigenvalue weighted by Crippen LogP contribution is 2.42. The minimum atomic E-state index is -1.30. The highest BCUT2D eigenvalue weighted by atomic mass is 19.1. The molecule has 2 aromatic rings. The molecule has 3 heterocycles. The number of aliphatic carboxylic acids is 1. The van der Waals surface area contributed by atoms with Crippen LogP contribution in [0.2, 0.25) is 0 Å². The van der Waals surface area contributed by atoms with E-state index in [0.717, 1.165) is 0 Å². The number of benzene rings is 1. The number of carboxylic acid groups (broad SMARTS) is 1. The van der Waals surface area contributed by atoms with Crippen molar-refractivity contribution in [2.75, 3.05) is 43.2 Å². The molecule has 0 spiro atoms. The van der Waals surface area contributed by atoms with Crippen molar-refractivity contribution >= 4 is 28.2 Å². The van der Waals surface area contributed by atoms with Crippen molar-refractivity contribution in [3.63, 3.8) is 0 Å². The summed E-state index contributed by atoms with van der Waals surface area (Å²) >= 11 is 0. The molecule has 148 valence electrons. The van der Waals surface area contributed by atoms with Crippen molar-refractivity contribution in [1.82, 2.24) is 9.88 Å². The molecule has 2 aliphatic heterocycles. The summed E-state index contributed by atoms with van der Waals surface area (Å²) in [5, 5.41) is 20.2. The third kappa shape index (κ3) is 2.78. The summed E-state index contributed by atoms with van der Waals surface area (Å²) in [5.41, 5.74) is 0.114. The first-order chi connectivity index (χ1) is 13.3. The molecule has 0 radical (unpaired) electrons. The third-order valence-corrected chi connectivity index (χ3v) is 5.41. The Morgan fingerprint density at radius 2 is 1.93 bits per heavy atom.